The van der Waals surface area contributed by atoms with Gasteiger partial charge in [-0.15, -0.1) is 0 Å². The molecule has 2 heterocycles. The predicted molar refractivity (Wildman–Crippen MR) is 462 cm³/mol. The van der Waals surface area contributed by atoms with Crippen molar-refractivity contribution in [1.29, 1.82) is 0 Å². The van der Waals surface area contributed by atoms with Crippen LogP contribution in [0.2, 0.25) is 0 Å². The number of benzene rings is 2. The quantitative estimate of drug-likeness (QED) is 0.0858. The lowest BCUT2D eigenvalue weighted by atomic mass is 9.58. The van der Waals surface area contributed by atoms with Crippen molar-refractivity contribution in [2.24, 2.45) is 50.2 Å². The third-order valence-corrected chi connectivity index (χ3v) is 28.9. The second-order valence-electron chi connectivity index (χ2n) is 42.0. The predicted octanol–water partition coefficient (Wildman–Crippen LogP) is 26.0. The highest BCUT2D eigenvalue weighted by Gasteiger charge is 2.54. The molecule has 2 saturated carbocycles. The highest BCUT2D eigenvalue weighted by molar-refractivity contribution is 5.99. The van der Waals surface area contributed by atoms with Crippen molar-refractivity contribution in [3.8, 4) is 0 Å². The number of hydrogen-bond acceptors (Lipinski definition) is 12. The van der Waals surface area contributed by atoms with E-state index in [2.05, 4.69) is 203 Å². The van der Waals surface area contributed by atoms with Crippen LogP contribution in [-0.4, -0.2) is 79.7 Å². The minimum atomic E-state index is -0.455. The van der Waals surface area contributed by atoms with Crippen LogP contribution in [0.1, 0.15) is 423 Å². The Morgan fingerprint density at radius 3 is 1.60 bits per heavy atom. The topological polar surface area (TPSA) is 158 Å². The van der Waals surface area contributed by atoms with Crippen LogP contribution < -0.4 is 0 Å². The standard InChI is InChI=1S/C18H34O3.2C18H26O.C16H28O4.C16H28O2.C14H22O/c1-8-15(19)20-13-17(5,6)21-14(2)18(7)11-9-10-16(3,4)12-18;1-11-9-19-10-13-7-15-16(8-14(11)13)18(5,6)12(2)17(15,3)4;1-11-8-16-15(9-14(11)13(3)19)17(4,5)10-12(2)18(16,6)7;1-6-13(17)19-10-14(18)20-12(2)16(5)9-7-8-15(3,4)11-16;17-16-14-12-10-8-6-4-2-1-3-5-7-9-11-13-15-18-16;1-9-13(2,3)10-7-6-8-11(15)12(10)14(9,4)5/h14H,8-13H2,1-7H3;7-8,11-12H,9-10H2,1-6H3;8-9,12H,10H2,1-7H3;12H,6-11H2,1-5H3;1,3H,2,4-15H2;9H,6-8H2,1-5H3/b;;;;3-1+;/t14-,18+;;;12-,16+;;/m0..0../s1. The lowest BCUT2D eigenvalue weighted by Gasteiger charge is -2.47. The maximum absolute atomic E-state index is 12.1. The first-order valence-corrected chi connectivity index (χ1v) is 44.4. The molecule has 636 valence electrons. The van der Waals surface area contributed by atoms with Crippen molar-refractivity contribution in [2.75, 3.05) is 26.4 Å². The minimum Gasteiger partial charge on any atom is -0.466 e. The molecule has 0 aromatic heterocycles. The summed E-state index contributed by atoms with van der Waals surface area (Å²) in [5.74, 6) is 2.01. The molecule has 6 aliphatic carbocycles. The van der Waals surface area contributed by atoms with Gasteiger partial charge >= 0.3 is 23.9 Å². The summed E-state index contributed by atoms with van der Waals surface area (Å²) in [6.45, 7) is 68.7. The monoisotopic (exact) mass is 1560 g/mol. The number of allylic oxidation sites excluding steroid dienone is 4. The number of cyclic esters (lactones) is 1. The second kappa shape index (κ2) is 40.5. The van der Waals surface area contributed by atoms with E-state index in [4.69, 9.17) is 28.4 Å². The minimum absolute atomic E-state index is 0.000910. The highest BCUT2D eigenvalue weighted by Crippen LogP contribution is 2.61. The van der Waals surface area contributed by atoms with Crippen molar-refractivity contribution in [3.63, 3.8) is 0 Å². The Bertz CT molecular complexity index is 3500. The molecule has 12 heteroatoms. The summed E-state index contributed by atoms with van der Waals surface area (Å²) >= 11 is 0. The number of hydrogen-bond donors (Lipinski definition) is 0. The molecule has 2 aromatic carbocycles. The van der Waals surface area contributed by atoms with Gasteiger partial charge in [0.2, 0.25) is 0 Å². The molecule has 8 aliphatic rings. The Morgan fingerprint density at radius 2 is 1.05 bits per heavy atom. The van der Waals surface area contributed by atoms with Gasteiger partial charge in [-0.2, -0.15) is 0 Å². The molecule has 12 nitrogen and oxygen atoms in total. The van der Waals surface area contributed by atoms with E-state index < -0.39 is 11.6 Å². The van der Waals surface area contributed by atoms with E-state index in [9.17, 15) is 28.8 Å². The molecule has 0 N–H and O–H groups in total. The number of fused-ring (bicyclic) bond motifs is 3. The SMILES string of the molecule is CC(=O)c1cc2c(cc1C)C(C)(C)C(C)CC2(C)C.CC1C(C)(C)C2=C(C(=O)CCC2)C1(C)C.CC1COCc2cc3c(cc21)C(C)(C)C(C)C3(C)C.CCC(=O)OCC(=O)O[C@@H](C)[C@]1(C)CCCC(C)(C)C1.CCC(=O)OCC(C)(C)O[C@@H](C)[C@]1(C)CCCC(C)(C)C1.O=C1CCCCCCC/C=C/CCCCCCO1. The Morgan fingerprint density at radius 1 is 0.545 bits per heavy atom. The average molecular weight is 1560 g/mol. The lowest BCUT2D eigenvalue weighted by molar-refractivity contribution is -0.171. The molecule has 0 bridgehead atoms. The largest absolute Gasteiger partial charge is 0.466 e. The van der Waals surface area contributed by atoms with Gasteiger partial charge in [0.05, 0.1) is 31.5 Å². The number of Topliss-reactive ketones (excluding diaryl/α,β-unsaturated/α-hetero) is 2. The Kier molecular flexibility index (Phi) is 35.3. The first kappa shape index (κ1) is 97.6. The summed E-state index contributed by atoms with van der Waals surface area (Å²) in [5.41, 5.74) is 15.1. The number of carbonyl (C=O) groups excluding carboxylic acids is 6. The molecule has 10 rings (SSSR count). The summed E-state index contributed by atoms with van der Waals surface area (Å²) < 4.78 is 32.7. The van der Waals surface area contributed by atoms with Gasteiger partial charge < -0.3 is 28.4 Å². The van der Waals surface area contributed by atoms with Crippen LogP contribution >= 0.6 is 0 Å². The van der Waals surface area contributed by atoms with Gasteiger partial charge in [0.15, 0.2) is 18.2 Å². The van der Waals surface area contributed by atoms with E-state index in [0.717, 1.165) is 75.7 Å². The third-order valence-electron chi connectivity index (χ3n) is 28.9. The molecule has 112 heavy (non-hydrogen) atoms. The molecular weight excluding hydrogens is 1390 g/mol. The lowest BCUT2D eigenvalue weighted by Crippen LogP contribution is -2.45. The molecule has 2 aromatic rings. The van der Waals surface area contributed by atoms with Crippen molar-refractivity contribution >= 4 is 35.4 Å². The summed E-state index contributed by atoms with van der Waals surface area (Å²) in [7, 11) is 0. The Hall–Kier alpha value is -4.94. The van der Waals surface area contributed by atoms with Crippen LogP contribution in [0.3, 0.4) is 0 Å². The van der Waals surface area contributed by atoms with Gasteiger partial charge in [-0.05, 0) is 249 Å². The van der Waals surface area contributed by atoms with Gasteiger partial charge in [-0.25, -0.2) is 4.79 Å². The maximum Gasteiger partial charge on any atom is 0.344 e. The molecule has 0 radical (unpaired) electrons. The van der Waals surface area contributed by atoms with Gasteiger partial charge in [0.25, 0.3) is 0 Å². The summed E-state index contributed by atoms with van der Waals surface area (Å²) in [6, 6.07) is 9.33. The zero-order chi connectivity index (χ0) is 84.6. The zero-order valence-electron chi connectivity index (χ0n) is 77.2. The summed E-state index contributed by atoms with van der Waals surface area (Å²) in [6.07, 6.45) is 32.7. The molecule has 8 atom stereocenters. The van der Waals surface area contributed by atoms with Gasteiger partial charge in [-0.1, -0.05) is 247 Å². The first-order chi connectivity index (χ1) is 51.7. The Labute approximate surface area is 684 Å². The zero-order valence-corrected chi connectivity index (χ0v) is 77.2. The Balaban J connectivity index is 0.000000241. The van der Waals surface area contributed by atoms with Crippen LogP contribution in [0.15, 0.2) is 47.6 Å². The van der Waals surface area contributed by atoms with Crippen LogP contribution in [0.5, 0.6) is 0 Å². The van der Waals surface area contributed by atoms with E-state index in [1.54, 1.807) is 25.0 Å². The fraction of sp³-hybridized carbons (Fsp3) is 0.780. The second-order valence-corrected chi connectivity index (χ2v) is 42.0. The van der Waals surface area contributed by atoms with E-state index in [1.165, 1.54) is 130 Å². The van der Waals surface area contributed by atoms with Crippen LogP contribution in [-0.2, 0) is 80.7 Å². The summed E-state index contributed by atoms with van der Waals surface area (Å²) in [4.78, 5) is 69.3. The number of aryl methyl sites for hydroxylation is 1. The van der Waals surface area contributed by atoms with E-state index in [0.29, 0.717) is 66.3 Å². The molecule has 0 amide bonds. The fourth-order valence-electron chi connectivity index (χ4n) is 20.4. The maximum atomic E-state index is 12.1. The number of rotatable bonds is 12. The average Bonchev–Trinajstić information content (AvgIpc) is 1.51. The van der Waals surface area contributed by atoms with Gasteiger partial charge in [0.1, 0.15) is 12.7 Å². The smallest absolute Gasteiger partial charge is 0.344 e. The molecular formula is C100H164O12. The molecule has 0 saturated heterocycles. The normalized spacial score (nSPS) is 27.4. The molecule has 0 spiro atoms. The van der Waals surface area contributed by atoms with Crippen LogP contribution in [0, 0.1) is 57.2 Å². The van der Waals surface area contributed by atoms with Crippen molar-refractivity contribution in [2.45, 2.75) is 427 Å². The number of ketones is 2. The number of carbonyl (C=O) groups is 6. The van der Waals surface area contributed by atoms with E-state index in [1.807, 2.05) is 27.7 Å². The van der Waals surface area contributed by atoms with Crippen molar-refractivity contribution in [1.82, 2.24) is 0 Å². The molecule has 4 unspecified atom stereocenters. The van der Waals surface area contributed by atoms with E-state index in [-0.39, 0.29) is 92.2 Å². The fourth-order valence-corrected chi connectivity index (χ4v) is 20.4. The third kappa shape index (κ3) is 26.0. The molecule has 2 aliphatic heterocycles. The summed E-state index contributed by atoms with van der Waals surface area (Å²) in [5, 5.41) is 0. The van der Waals surface area contributed by atoms with E-state index >= 15 is 0 Å². The number of ether oxygens (including phenoxy) is 6. The van der Waals surface area contributed by atoms with Gasteiger partial charge in [-0.3, -0.25) is 24.0 Å². The number of esters is 4. The van der Waals surface area contributed by atoms with Crippen molar-refractivity contribution < 1.29 is 57.2 Å². The van der Waals surface area contributed by atoms with Crippen molar-refractivity contribution in [3.05, 3.63) is 92.1 Å². The first-order valence-electron chi connectivity index (χ1n) is 44.4. The van der Waals surface area contributed by atoms with Crippen LogP contribution in [0.25, 0.3) is 0 Å². The molecule has 2 fully saturated rings. The van der Waals surface area contributed by atoms with Gasteiger partial charge in [0, 0.05) is 48.2 Å². The van der Waals surface area contributed by atoms with Crippen LogP contribution in [0.4, 0.5) is 0 Å². The highest BCUT2D eigenvalue weighted by atomic mass is 16.6.